The van der Waals surface area contributed by atoms with Gasteiger partial charge in [-0.1, -0.05) is 12.8 Å². The monoisotopic (exact) mass is 394 g/mol. The van der Waals surface area contributed by atoms with Gasteiger partial charge in [-0.05, 0) is 49.2 Å². The maximum absolute atomic E-state index is 13.5. The van der Waals surface area contributed by atoms with Crippen LogP contribution in [0.15, 0.2) is 47.4 Å². The third kappa shape index (κ3) is 4.63. The van der Waals surface area contributed by atoms with E-state index < -0.39 is 27.4 Å². The highest BCUT2D eigenvalue weighted by Crippen LogP contribution is 2.30. The zero-order valence-corrected chi connectivity index (χ0v) is 15.4. The Morgan fingerprint density at radius 1 is 1.04 bits per heavy atom. The van der Waals surface area contributed by atoms with Crippen molar-refractivity contribution in [2.75, 3.05) is 17.2 Å². The van der Waals surface area contributed by atoms with Crippen molar-refractivity contribution < 1.29 is 22.0 Å². The lowest BCUT2D eigenvalue weighted by atomic mass is 10.3. The Hall–Kier alpha value is -2.48. The topological polar surface area (TPSA) is 75.3 Å². The quantitative estimate of drug-likeness (QED) is 0.783. The number of anilines is 2. The summed E-state index contributed by atoms with van der Waals surface area (Å²) in [5, 5.41) is 4.79. The number of halogens is 2. The molecule has 2 aromatic carbocycles. The van der Waals surface area contributed by atoms with E-state index >= 15 is 0 Å². The number of amides is 1. The van der Waals surface area contributed by atoms with E-state index in [1.165, 1.54) is 12.1 Å². The highest BCUT2D eigenvalue weighted by molar-refractivity contribution is 7.92. The number of hydrogen-bond acceptors (Lipinski definition) is 4. The summed E-state index contributed by atoms with van der Waals surface area (Å²) in [5.41, 5.74) is 0.315. The fourth-order valence-corrected chi connectivity index (χ4v) is 4.98. The van der Waals surface area contributed by atoms with Gasteiger partial charge in [-0.15, -0.1) is 0 Å². The van der Waals surface area contributed by atoms with Gasteiger partial charge in [0, 0.05) is 11.8 Å². The van der Waals surface area contributed by atoms with Crippen LogP contribution in [0, 0.1) is 11.6 Å². The molecule has 0 unspecified atom stereocenters. The van der Waals surface area contributed by atoms with Gasteiger partial charge >= 0.3 is 0 Å². The van der Waals surface area contributed by atoms with Crippen LogP contribution in [-0.4, -0.2) is 26.1 Å². The van der Waals surface area contributed by atoms with Crippen molar-refractivity contribution >= 4 is 27.1 Å². The molecule has 0 atom stereocenters. The standard InChI is InChI=1S/C19H20F2N2O3S/c20-13-5-10-17(21)18(11-13)23-19(24)12-22-14-6-8-16(9-7-14)27(25,26)15-3-1-2-4-15/h5-11,15,22H,1-4,12H2,(H,23,24). The van der Waals surface area contributed by atoms with E-state index in [0.29, 0.717) is 18.5 Å². The second kappa shape index (κ2) is 8.04. The molecule has 1 fully saturated rings. The third-order valence-corrected chi connectivity index (χ3v) is 6.86. The highest BCUT2D eigenvalue weighted by atomic mass is 32.2. The number of benzene rings is 2. The molecule has 1 aliphatic rings. The maximum atomic E-state index is 13.5. The van der Waals surface area contributed by atoms with Crippen molar-refractivity contribution in [3.63, 3.8) is 0 Å². The molecular weight excluding hydrogens is 374 g/mol. The van der Waals surface area contributed by atoms with Gasteiger partial charge in [-0.2, -0.15) is 0 Å². The number of hydrogen-bond donors (Lipinski definition) is 2. The predicted molar refractivity (Wildman–Crippen MR) is 99.4 cm³/mol. The van der Waals surface area contributed by atoms with Crippen molar-refractivity contribution in [3.05, 3.63) is 54.1 Å². The average molecular weight is 394 g/mol. The van der Waals surface area contributed by atoms with E-state index in [0.717, 1.165) is 31.0 Å². The fourth-order valence-electron chi connectivity index (χ4n) is 3.12. The number of carbonyl (C=O) groups is 1. The van der Waals surface area contributed by atoms with Crippen LogP contribution in [-0.2, 0) is 14.6 Å². The molecule has 1 amide bonds. The molecule has 1 saturated carbocycles. The van der Waals surface area contributed by atoms with Crippen molar-refractivity contribution in [1.82, 2.24) is 0 Å². The Labute approximate surface area is 156 Å². The second-order valence-corrected chi connectivity index (χ2v) is 8.73. The van der Waals surface area contributed by atoms with Crippen LogP contribution in [0.2, 0.25) is 0 Å². The lowest BCUT2D eigenvalue weighted by Gasteiger charge is -2.12. The van der Waals surface area contributed by atoms with E-state index in [-0.39, 0.29) is 22.4 Å². The van der Waals surface area contributed by atoms with Gasteiger partial charge in [0.2, 0.25) is 5.91 Å². The minimum absolute atomic E-state index is 0.176. The van der Waals surface area contributed by atoms with Crippen molar-refractivity contribution in [2.24, 2.45) is 0 Å². The second-order valence-electron chi connectivity index (χ2n) is 6.50. The van der Waals surface area contributed by atoms with Gasteiger partial charge in [0.25, 0.3) is 0 Å². The van der Waals surface area contributed by atoms with Crippen molar-refractivity contribution in [1.29, 1.82) is 0 Å². The van der Waals surface area contributed by atoms with Crippen LogP contribution >= 0.6 is 0 Å². The molecule has 3 rings (SSSR count). The molecule has 2 aromatic rings. The molecule has 8 heteroatoms. The minimum Gasteiger partial charge on any atom is -0.376 e. The van der Waals surface area contributed by atoms with E-state index in [1.807, 2.05) is 0 Å². The molecule has 0 heterocycles. The maximum Gasteiger partial charge on any atom is 0.243 e. The lowest BCUT2D eigenvalue weighted by Crippen LogP contribution is -2.22. The first-order valence-corrected chi connectivity index (χ1v) is 10.2. The number of nitrogens with one attached hydrogen (secondary N) is 2. The molecule has 0 aromatic heterocycles. The van der Waals surface area contributed by atoms with Crippen molar-refractivity contribution in [2.45, 2.75) is 35.8 Å². The first-order valence-electron chi connectivity index (χ1n) is 8.69. The zero-order valence-electron chi connectivity index (χ0n) is 14.5. The third-order valence-electron chi connectivity index (χ3n) is 4.58. The molecule has 0 spiro atoms. The van der Waals surface area contributed by atoms with Crippen LogP contribution in [0.25, 0.3) is 0 Å². The Kier molecular flexibility index (Phi) is 5.74. The molecule has 144 valence electrons. The molecule has 27 heavy (non-hydrogen) atoms. The van der Waals surface area contributed by atoms with Crippen LogP contribution in [0.3, 0.4) is 0 Å². The van der Waals surface area contributed by atoms with Crippen LogP contribution in [0.1, 0.15) is 25.7 Å². The SMILES string of the molecule is O=C(CNc1ccc(S(=O)(=O)C2CCCC2)cc1)Nc1cc(F)ccc1F. The summed E-state index contributed by atoms with van der Waals surface area (Å²) in [6.45, 7) is -0.176. The van der Waals surface area contributed by atoms with E-state index in [2.05, 4.69) is 10.6 Å². The Morgan fingerprint density at radius 3 is 2.37 bits per heavy atom. The van der Waals surface area contributed by atoms with E-state index in [4.69, 9.17) is 0 Å². The first-order chi connectivity index (χ1) is 12.9. The summed E-state index contributed by atoms with van der Waals surface area (Å²) < 4.78 is 51.7. The summed E-state index contributed by atoms with van der Waals surface area (Å²) in [6, 6.07) is 8.98. The molecule has 0 radical (unpaired) electrons. The summed E-state index contributed by atoms with van der Waals surface area (Å²) in [5.74, 6) is -1.94. The number of sulfone groups is 1. The van der Waals surface area contributed by atoms with E-state index in [9.17, 15) is 22.0 Å². The Bertz CT molecular complexity index is 924. The van der Waals surface area contributed by atoms with E-state index in [1.54, 1.807) is 12.1 Å². The van der Waals surface area contributed by atoms with Gasteiger partial charge in [-0.3, -0.25) is 4.79 Å². The van der Waals surface area contributed by atoms with Gasteiger partial charge in [0.15, 0.2) is 9.84 Å². The fraction of sp³-hybridized carbons (Fsp3) is 0.316. The largest absolute Gasteiger partial charge is 0.376 e. The van der Waals surface area contributed by atoms with Gasteiger partial charge in [0.05, 0.1) is 22.4 Å². The molecule has 0 aliphatic heterocycles. The Balaban J connectivity index is 1.58. The van der Waals surface area contributed by atoms with Gasteiger partial charge in [0.1, 0.15) is 11.6 Å². The summed E-state index contributed by atoms with van der Waals surface area (Å²) in [4.78, 5) is 12.2. The summed E-state index contributed by atoms with van der Waals surface area (Å²) in [6.07, 6.45) is 3.26. The predicted octanol–water partition coefficient (Wildman–Crippen LogP) is 3.73. The molecule has 5 nitrogen and oxygen atoms in total. The van der Waals surface area contributed by atoms with Gasteiger partial charge in [-0.25, -0.2) is 17.2 Å². The highest BCUT2D eigenvalue weighted by Gasteiger charge is 2.30. The number of rotatable bonds is 6. The molecular formula is C19H20F2N2O3S. The molecule has 0 bridgehead atoms. The minimum atomic E-state index is -3.32. The average Bonchev–Trinajstić information content (AvgIpc) is 3.19. The van der Waals surface area contributed by atoms with Crippen LogP contribution in [0.5, 0.6) is 0 Å². The van der Waals surface area contributed by atoms with Crippen LogP contribution in [0.4, 0.5) is 20.2 Å². The summed E-state index contributed by atoms with van der Waals surface area (Å²) >= 11 is 0. The smallest absolute Gasteiger partial charge is 0.243 e. The zero-order chi connectivity index (χ0) is 19.4. The lowest BCUT2D eigenvalue weighted by molar-refractivity contribution is -0.114. The van der Waals surface area contributed by atoms with Crippen molar-refractivity contribution in [3.8, 4) is 0 Å². The molecule has 0 saturated heterocycles. The summed E-state index contributed by atoms with van der Waals surface area (Å²) in [7, 11) is -3.32. The number of carbonyl (C=O) groups excluding carboxylic acids is 1. The first kappa shape index (κ1) is 19.3. The molecule has 1 aliphatic carbocycles. The Morgan fingerprint density at radius 2 is 1.70 bits per heavy atom. The normalized spacial score (nSPS) is 14.9. The van der Waals surface area contributed by atoms with Gasteiger partial charge < -0.3 is 10.6 Å². The molecule has 2 N–H and O–H groups in total. The van der Waals surface area contributed by atoms with Crippen LogP contribution < -0.4 is 10.6 Å².